The molecule has 5 heteroatoms. The van der Waals surface area contributed by atoms with Gasteiger partial charge in [-0.2, -0.15) is 11.8 Å². The van der Waals surface area contributed by atoms with Gasteiger partial charge in [0.2, 0.25) is 11.8 Å². The molecule has 2 aromatic rings. The maximum Gasteiger partial charge on any atom is 0.246 e. The molecule has 0 aromatic heterocycles. The molecular formula is C19H22N2O2S. The molecule has 0 heterocycles. The number of amides is 2. The average Bonchev–Trinajstić information content (AvgIpc) is 2.60. The molecule has 0 saturated carbocycles. The van der Waals surface area contributed by atoms with Crippen molar-refractivity contribution < 1.29 is 9.59 Å². The summed E-state index contributed by atoms with van der Waals surface area (Å²) in [6.07, 6.45) is 2.85. The number of thioether (sulfide) groups is 1. The predicted molar refractivity (Wildman–Crippen MR) is 100 cm³/mol. The van der Waals surface area contributed by atoms with E-state index >= 15 is 0 Å². The molecule has 0 spiro atoms. The number of carbonyl (C=O) groups excluding carboxylic acids is 2. The lowest BCUT2D eigenvalue weighted by Crippen LogP contribution is -2.44. The van der Waals surface area contributed by atoms with Gasteiger partial charge in [-0.05, 0) is 36.1 Å². The summed E-state index contributed by atoms with van der Waals surface area (Å²) in [5, 5.41) is 5.71. The highest BCUT2D eigenvalue weighted by Crippen LogP contribution is 2.09. The molecule has 2 N–H and O–H groups in total. The number of para-hydroxylation sites is 1. The van der Waals surface area contributed by atoms with Crippen LogP contribution in [0.4, 0.5) is 5.69 Å². The van der Waals surface area contributed by atoms with Crippen molar-refractivity contribution >= 4 is 29.3 Å². The summed E-state index contributed by atoms with van der Waals surface area (Å²) in [5.74, 6) is 0.477. The second-order valence-electron chi connectivity index (χ2n) is 5.42. The Morgan fingerprint density at radius 3 is 2.25 bits per heavy atom. The van der Waals surface area contributed by atoms with Gasteiger partial charge in [0.15, 0.2) is 0 Å². The zero-order valence-electron chi connectivity index (χ0n) is 13.7. The van der Waals surface area contributed by atoms with E-state index in [-0.39, 0.29) is 18.2 Å². The molecule has 0 fully saturated rings. The highest BCUT2D eigenvalue weighted by Gasteiger charge is 2.20. The van der Waals surface area contributed by atoms with Crippen LogP contribution in [0.1, 0.15) is 12.0 Å². The Morgan fingerprint density at radius 1 is 1.00 bits per heavy atom. The Morgan fingerprint density at radius 2 is 1.62 bits per heavy atom. The van der Waals surface area contributed by atoms with Gasteiger partial charge in [0.1, 0.15) is 6.04 Å². The normalized spacial score (nSPS) is 11.5. The SMILES string of the molecule is CSCC[C@H](NC(=O)Cc1ccccc1)C(=O)Nc1ccccc1. The van der Waals surface area contributed by atoms with Gasteiger partial charge in [-0.3, -0.25) is 9.59 Å². The summed E-state index contributed by atoms with van der Waals surface area (Å²) >= 11 is 1.65. The first-order valence-corrected chi connectivity index (χ1v) is 9.26. The van der Waals surface area contributed by atoms with Crippen LogP contribution in [-0.2, 0) is 16.0 Å². The Hall–Kier alpha value is -2.27. The molecule has 0 unspecified atom stereocenters. The van der Waals surface area contributed by atoms with Crippen molar-refractivity contribution in [3.8, 4) is 0 Å². The van der Waals surface area contributed by atoms with Crippen molar-refractivity contribution in [1.82, 2.24) is 5.32 Å². The van der Waals surface area contributed by atoms with E-state index in [0.29, 0.717) is 6.42 Å². The fourth-order valence-electron chi connectivity index (χ4n) is 2.28. The molecular weight excluding hydrogens is 320 g/mol. The second-order valence-corrected chi connectivity index (χ2v) is 6.40. The lowest BCUT2D eigenvalue weighted by molar-refractivity contribution is -0.126. The van der Waals surface area contributed by atoms with Crippen molar-refractivity contribution in [1.29, 1.82) is 0 Å². The Kier molecular flexibility index (Phi) is 7.36. The monoisotopic (exact) mass is 342 g/mol. The molecule has 0 radical (unpaired) electrons. The molecule has 1 atom stereocenters. The van der Waals surface area contributed by atoms with Crippen LogP contribution in [0.2, 0.25) is 0 Å². The van der Waals surface area contributed by atoms with Crippen molar-refractivity contribution in [2.45, 2.75) is 18.9 Å². The number of anilines is 1. The summed E-state index contributed by atoms with van der Waals surface area (Å²) in [6.45, 7) is 0. The van der Waals surface area contributed by atoms with Crippen LogP contribution in [0, 0.1) is 0 Å². The smallest absolute Gasteiger partial charge is 0.246 e. The first-order valence-electron chi connectivity index (χ1n) is 7.87. The molecule has 0 aliphatic rings. The Labute approximate surface area is 147 Å². The molecule has 2 rings (SSSR count). The number of carbonyl (C=O) groups is 2. The maximum absolute atomic E-state index is 12.5. The Bertz CT molecular complexity index is 647. The zero-order chi connectivity index (χ0) is 17.2. The van der Waals surface area contributed by atoms with Crippen molar-refractivity contribution in [3.63, 3.8) is 0 Å². The molecule has 0 aliphatic carbocycles. The lowest BCUT2D eigenvalue weighted by Gasteiger charge is -2.18. The van der Waals surface area contributed by atoms with E-state index in [9.17, 15) is 9.59 Å². The maximum atomic E-state index is 12.5. The molecule has 2 aromatic carbocycles. The quantitative estimate of drug-likeness (QED) is 0.775. The van der Waals surface area contributed by atoms with E-state index in [2.05, 4.69) is 10.6 Å². The van der Waals surface area contributed by atoms with E-state index in [0.717, 1.165) is 17.0 Å². The largest absolute Gasteiger partial charge is 0.344 e. The van der Waals surface area contributed by atoms with Crippen molar-refractivity contribution in [3.05, 3.63) is 66.2 Å². The Balaban J connectivity index is 1.96. The van der Waals surface area contributed by atoms with E-state index in [1.54, 1.807) is 11.8 Å². The highest BCUT2D eigenvalue weighted by molar-refractivity contribution is 7.98. The number of nitrogens with one attached hydrogen (secondary N) is 2. The van der Waals surface area contributed by atoms with Crippen molar-refractivity contribution in [2.24, 2.45) is 0 Å². The van der Waals surface area contributed by atoms with Crippen molar-refractivity contribution in [2.75, 3.05) is 17.3 Å². The summed E-state index contributed by atoms with van der Waals surface area (Å²) in [6, 6.07) is 18.3. The summed E-state index contributed by atoms with van der Waals surface area (Å²) < 4.78 is 0. The van der Waals surface area contributed by atoms with Gasteiger partial charge in [0.25, 0.3) is 0 Å². The fraction of sp³-hybridized carbons (Fsp3) is 0.263. The minimum Gasteiger partial charge on any atom is -0.344 e. The third-order valence-electron chi connectivity index (χ3n) is 3.51. The number of hydrogen-bond acceptors (Lipinski definition) is 3. The fourth-order valence-corrected chi connectivity index (χ4v) is 2.75. The van der Waals surface area contributed by atoms with E-state index in [4.69, 9.17) is 0 Å². The van der Waals surface area contributed by atoms with E-state index < -0.39 is 6.04 Å². The summed E-state index contributed by atoms with van der Waals surface area (Å²) in [4.78, 5) is 24.7. The molecule has 24 heavy (non-hydrogen) atoms. The molecule has 2 amide bonds. The van der Waals surface area contributed by atoms with Crippen LogP contribution in [0.5, 0.6) is 0 Å². The van der Waals surface area contributed by atoms with Crippen LogP contribution in [0.3, 0.4) is 0 Å². The van der Waals surface area contributed by atoms with Gasteiger partial charge >= 0.3 is 0 Å². The number of rotatable bonds is 8. The van der Waals surface area contributed by atoms with Gasteiger partial charge in [0, 0.05) is 5.69 Å². The molecule has 0 aliphatic heterocycles. The highest BCUT2D eigenvalue weighted by atomic mass is 32.2. The van der Waals surface area contributed by atoms with Crippen LogP contribution in [0.15, 0.2) is 60.7 Å². The zero-order valence-corrected chi connectivity index (χ0v) is 14.5. The molecule has 0 saturated heterocycles. The molecule has 4 nitrogen and oxygen atoms in total. The van der Waals surface area contributed by atoms with Crippen LogP contribution in [-0.4, -0.2) is 29.9 Å². The topological polar surface area (TPSA) is 58.2 Å². The van der Waals surface area contributed by atoms with Gasteiger partial charge in [-0.15, -0.1) is 0 Å². The van der Waals surface area contributed by atoms with Gasteiger partial charge in [-0.1, -0.05) is 48.5 Å². The standard InChI is InChI=1S/C19H22N2O2S/c1-24-13-12-17(19(23)20-16-10-6-3-7-11-16)21-18(22)14-15-8-4-2-5-9-15/h2-11,17H,12-14H2,1H3,(H,20,23)(H,21,22)/t17-/m0/s1. The predicted octanol–water partition coefficient (Wildman–Crippen LogP) is 3.11. The van der Waals surface area contributed by atoms with Crippen LogP contribution < -0.4 is 10.6 Å². The molecule has 0 bridgehead atoms. The van der Waals surface area contributed by atoms with Gasteiger partial charge < -0.3 is 10.6 Å². The first-order chi connectivity index (χ1) is 11.7. The van der Waals surface area contributed by atoms with Crippen LogP contribution in [0.25, 0.3) is 0 Å². The van der Waals surface area contributed by atoms with E-state index in [1.807, 2.05) is 66.9 Å². The summed E-state index contributed by atoms with van der Waals surface area (Å²) in [5.41, 5.74) is 1.66. The number of hydrogen-bond donors (Lipinski definition) is 2. The summed E-state index contributed by atoms with van der Waals surface area (Å²) in [7, 11) is 0. The van der Waals surface area contributed by atoms with Gasteiger partial charge in [-0.25, -0.2) is 0 Å². The second kappa shape index (κ2) is 9.78. The minimum absolute atomic E-state index is 0.143. The third-order valence-corrected chi connectivity index (χ3v) is 4.16. The minimum atomic E-state index is -0.533. The number of benzene rings is 2. The first kappa shape index (κ1) is 18.1. The third kappa shape index (κ3) is 6.08. The van der Waals surface area contributed by atoms with E-state index in [1.165, 1.54) is 0 Å². The van der Waals surface area contributed by atoms with Gasteiger partial charge in [0.05, 0.1) is 6.42 Å². The molecule has 126 valence electrons. The lowest BCUT2D eigenvalue weighted by atomic mass is 10.1. The average molecular weight is 342 g/mol. The van der Waals surface area contributed by atoms with Crippen LogP contribution >= 0.6 is 11.8 Å².